The van der Waals surface area contributed by atoms with E-state index >= 15 is 0 Å². The third-order valence-electron chi connectivity index (χ3n) is 1.85. The molecular formula is C8H9NO5S. The minimum atomic E-state index is -3.64. The zero-order valence-corrected chi connectivity index (χ0v) is 8.69. The number of hydrogen-bond donors (Lipinski definition) is 1. The Morgan fingerprint density at radius 1 is 1.47 bits per heavy atom. The Hall–Kier alpha value is -1.63. The van der Waals surface area contributed by atoms with Crippen LogP contribution in [0.1, 0.15) is 6.92 Å². The maximum Gasteiger partial charge on any atom is 0.291 e. The summed E-state index contributed by atoms with van der Waals surface area (Å²) in [6.45, 7) is 1.39. The number of phenols is 1. The van der Waals surface area contributed by atoms with Crippen LogP contribution in [0.25, 0.3) is 0 Å². The highest BCUT2D eigenvalue weighted by Crippen LogP contribution is 2.28. The second-order valence-corrected chi connectivity index (χ2v) is 5.06. The van der Waals surface area contributed by atoms with Gasteiger partial charge in [0.25, 0.3) is 5.69 Å². The van der Waals surface area contributed by atoms with Gasteiger partial charge in [-0.15, -0.1) is 0 Å². The van der Waals surface area contributed by atoms with Crippen molar-refractivity contribution in [1.82, 2.24) is 0 Å². The van der Waals surface area contributed by atoms with Gasteiger partial charge in [0, 0.05) is 0 Å². The van der Waals surface area contributed by atoms with Crippen LogP contribution < -0.4 is 0 Å². The third kappa shape index (κ3) is 2.24. The SMILES string of the molecule is CCS(=O)(=O)c1ccc(O)cc1[N+](=O)[O-]. The lowest BCUT2D eigenvalue weighted by Gasteiger charge is -2.02. The highest BCUT2D eigenvalue weighted by Gasteiger charge is 2.24. The molecule has 0 spiro atoms. The summed E-state index contributed by atoms with van der Waals surface area (Å²) in [4.78, 5) is 9.37. The minimum Gasteiger partial charge on any atom is -0.508 e. The molecule has 0 atom stereocenters. The molecule has 0 aliphatic heterocycles. The molecule has 0 aliphatic rings. The molecule has 1 N–H and O–H groups in total. The molecule has 0 heterocycles. The van der Waals surface area contributed by atoms with Crippen LogP contribution in [0.15, 0.2) is 23.1 Å². The molecule has 7 heteroatoms. The zero-order chi connectivity index (χ0) is 11.6. The van der Waals surface area contributed by atoms with Gasteiger partial charge in [0.15, 0.2) is 9.84 Å². The summed E-state index contributed by atoms with van der Waals surface area (Å²) in [5, 5.41) is 19.6. The lowest BCUT2D eigenvalue weighted by Crippen LogP contribution is -2.06. The predicted molar refractivity (Wildman–Crippen MR) is 52.5 cm³/mol. The van der Waals surface area contributed by atoms with E-state index in [1.54, 1.807) is 0 Å². The van der Waals surface area contributed by atoms with Gasteiger partial charge in [0.2, 0.25) is 0 Å². The molecule has 0 unspecified atom stereocenters. The van der Waals surface area contributed by atoms with Crippen LogP contribution in [0.3, 0.4) is 0 Å². The van der Waals surface area contributed by atoms with E-state index in [4.69, 9.17) is 5.11 Å². The van der Waals surface area contributed by atoms with Crippen LogP contribution in [-0.2, 0) is 9.84 Å². The molecule has 82 valence electrons. The molecule has 1 aromatic carbocycles. The summed E-state index contributed by atoms with van der Waals surface area (Å²) in [5.41, 5.74) is -0.600. The molecule has 0 bridgehead atoms. The van der Waals surface area contributed by atoms with Crippen molar-refractivity contribution < 1.29 is 18.4 Å². The maximum absolute atomic E-state index is 11.5. The number of phenolic OH excluding ortho intramolecular Hbond substituents is 1. The Balaban J connectivity index is 3.49. The Labute approximate surface area is 86.2 Å². The molecule has 0 aliphatic carbocycles. The van der Waals surface area contributed by atoms with Gasteiger partial charge < -0.3 is 5.11 Å². The minimum absolute atomic E-state index is 0.224. The molecule has 0 saturated carbocycles. The van der Waals surface area contributed by atoms with Crippen molar-refractivity contribution in [2.75, 3.05) is 5.75 Å². The Morgan fingerprint density at radius 2 is 2.07 bits per heavy atom. The topological polar surface area (TPSA) is 97.5 Å². The van der Waals surface area contributed by atoms with E-state index in [2.05, 4.69) is 0 Å². The molecule has 0 amide bonds. The fraction of sp³-hybridized carbons (Fsp3) is 0.250. The molecule has 1 rings (SSSR count). The van der Waals surface area contributed by atoms with Gasteiger partial charge in [-0.25, -0.2) is 8.42 Å². The van der Waals surface area contributed by atoms with Gasteiger partial charge in [0.1, 0.15) is 10.6 Å². The fourth-order valence-electron chi connectivity index (χ4n) is 1.07. The number of benzene rings is 1. The Morgan fingerprint density at radius 3 is 2.53 bits per heavy atom. The van der Waals surface area contributed by atoms with Crippen LogP contribution in [0.4, 0.5) is 5.69 Å². The Bertz CT molecular complexity index is 494. The normalized spacial score (nSPS) is 11.3. The summed E-state index contributed by atoms with van der Waals surface area (Å²) < 4.78 is 22.9. The van der Waals surface area contributed by atoms with E-state index in [9.17, 15) is 18.5 Å². The highest BCUT2D eigenvalue weighted by molar-refractivity contribution is 7.91. The van der Waals surface area contributed by atoms with Crippen molar-refractivity contribution in [1.29, 1.82) is 0 Å². The van der Waals surface area contributed by atoms with Gasteiger partial charge in [-0.2, -0.15) is 0 Å². The number of aromatic hydroxyl groups is 1. The largest absolute Gasteiger partial charge is 0.508 e. The summed E-state index contributed by atoms with van der Waals surface area (Å²) in [6.07, 6.45) is 0. The van der Waals surface area contributed by atoms with Crippen molar-refractivity contribution in [2.45, 2.75) is 11.8 Å². The highest BCUT2D eigenvalue weighted by atomic mass is 32.2. The Kier molecular flexibility index (Phi) is 2.94. The second kappa shape index (κ2) is 3.85. The van der Waals surface area contributed by atoms with Gasteiger partial charge in [0.05, 0.1) is 16.7 Å². The number of rotatable bonds is 3. The lowest BCUT2D eigenvalue weighted by atomic mass is 10.3. The average molecular weight is 231 g/mol. The molecule has 0 radical (unpaired) electrons. The second-order valence-electron chi connectivity index (χ2n) is 2.81. The number of sulfone groups is 1. The summed E-state index contributed by atoms with van der Waals surface area (Å²) in [7, 11) is -3.64. The molecular weight excluding hydrogens is 222 g/mol. The number of hydrogen-bond acceptors (Lipinski definition) is 5. The van der Waals surface area contributed by atoms with E-state index in [1.165, 1.54) is 6.92 Å². The van der Waals surface area contributed by atoms with E-state index in [-0.39, 0.29) is 16.4 Å². The third-order valence-corrected chi connectivity index (χ3v) is 3.63. The first-order valence-electron chi connectivity index (χ1n) is 4.08. The summed E-state index contributed by atoms with van der Waals surface area (Å²) in [5.74, 6) is -0.560. The van der Waals surface area contributed by atoms with Gasteiger partial charge in [-0.1, -0.05) is 6.92 Å². The first-order valence-corrected chi connectivity index (χ1v) is 5.74. The zero-order valence-electron chi connectivity index (χ0n) is 7.87. The van der Waals surface area contributed by atoms with Crippen LogP contribution in [0.5, 0.6) is 5.75 Å². The van der Waals surface area contributed by atoms with E-state index in [1.807, 2.05) is 0 Å². The number of nitro benzene ring substituents is 1. The monoisotopic (exact) mass is 231 g/mol. The smallest absolute Gasteiger partial charge is 0.291 e. The summed E-state index contributed by atoms with van der Waals surface area (Å²) in [6, 6.07) is 2.96. The number of nitro groups is 1. The molecule has 15 heavy (non-hydrogen) atoms. The van der Waals surface area contributed by atoms with Crippen LogP contribution >= 0.6 is 0 Å². The fourth-order valence-corrected chi connectivity index (χ4v) is 2.11. The molecule has 0 fully saturated rings. The van der Waals surface area contributed by atoms with Crippen LogP contribution in [0, 0.1) is 10.1 Å². The molecule has 0 aromatic heterocycles. The quantitative estimate of drug-likeness (QED) is 0.620. The van der Waals surface area contributed by atoms with Crippen LogP contribution in [-0.4, -0.2) is 24.2 Å². The van der Waals surface area contributed by atoms with Gasteiger partial charge >= 0.3 is 0 Å². The van der Waals surface area contributed by atoms with Crippen molar-refractivity contribution in [3.8, 4) is 5.75 Å². The average Bonchev–Trinajstić information content (AvgIpc) is 2.17. The van der Waals surface area contributed by atoms with Crippen molar-refractivity contribution >= 4 is 15.5 Å². The van der Waals surface area contributed by atoms with Crippen LogP contribution in [0.2, 0.25) is 0 Å². The van der Waals surface area contributed by atoms with E-state index < -0.39 is 20.4 Å². The standard InChI is InChI=1S/C8H9NO5S/c1-2-15(13,14)8-4-3-6(10)5-7(8)9(11)12/h3-5,10H,2H2,1H3. The molecule has 1 aromatic rings. The van der Waals surface area contributed by atoms with E-state index in [0.29, 0.717) is 0 Å². The molecule has 6 nitrogen and oxygen atoms in total. The maximum atomic E-state index is 11.5. The number of nitrogens with zero attached hydrogens (tertiary/aromatic N) is 1. The first kappa shape index (κ1) is 11.4. The first-order chi connectivity index (χ1) is 6.88. The van der Waals surface area contributed by atoms with Gasteiger partial charge in [-0.3, -0.25) is 10.1 Å². The van der Waals surface area contributed by atoms with Crippen molar-refractivity contribution in [2.24, 2.45) is 0 Å². The van der Waals surface area contributed by atoms with E-state index in [0.717, 1.165) is 18.2 Å². The van der Waals surface area contributed by atoms with Crippen molar-refractivity contribution in [3.63, 3.8) is 0 Å². The lowest BCUT2D eigenvalue weighted by molar-refractivity contribution is -0.387. The van der Waals surface area contributed by atoms with Crippen molar-refractivity contribution in [3.05, 3.63) is 28.3 Å². The van der Waals surface area contributed by atoms with Gasteiger partial charge in [-0.05, 0) is 12.1 Å². The summed E-state index contributed by atoms with van der Waals surface area (Å²) >= 11 is 0. The molecule has 0 saturated heterocycles. The predicted octanol–water partition coefficient (Wildman–Crippen LogP) is 1.09.